The van der Waals surface area contributed by atoms with Crippen LogP contribution in [0.4, 0.5) is 0 Å². The van der Waals surface area contributed by atoms with Gasteiger partial charge in [0.2, 0.25) is 0 Å². The first-order valence-electron chi connectivity index (χ1n) is 15.2. The Hall–Kier alpha value is -3.34. The van der Waals surface area contributed by atoms with Crippen LogP contribution in [0.2, 0.25) is 0 Å². The van der Waals surface area contributed by atoms with Crippen LogP contribution >= 0.6 is 0 Å². The van der Waals surface area contributed by atoms with Crippen LogP contribution < -0.4 is 10.1 Å². The molecule has 0 radical (unpaired) electrons. The number of aromatic amines is 1. The molecule has 7 heteroatoms. The van der Waals surface area contributed by atoms with Gasteiger partial charge in [-0.25, -0.2) is 0 Å². The molecule has 4 aliphatic rings. The molecule has 2 saturated carbocycles. The number of aryl methyl sites for hydroxylation is 1. The van der Waals surface area contributed by atoms with E-state index in [9.17, 15) is 10.1 Å². The fourth-order valence-corrected chi connectivity index (χ4v) is 8.70. The lowest BCUT2D eigenvalue weighted by molar-refractivity contribution is -0.0625. The van der Waals surface area contributed by atoms with Crippen LogP contribution in [0.5, 0.6) is 5.75 Å². The number of benzene rings is 2. The van der Waals surface area contributed by atoms with E-state index in [1.165, 1.54) is 27.6 Å². The highest BCUT2D eigenvalue weighted by Gasteiger charge is 2.51. The van der Waals surface area contributed by atoms with E-state index in [2.05, 4.69) is 64.4 Å². The van der Waals surface area contributed by atoms with E-state index in [1.807, 2.05) is 18.3 Å². The molecule has 214 valence electrons. The maximum Gasteiger partial charge on any atom is 0.251 e. The summed E-state index contributed by atoms with van der Waals surface area (Å²) in [6.07, 6.45) is 8.37. The minimum Gasteiger partial charge on any atom is -0.496 e. The molecular weight excluding hydrogens is 510 g/mol. The Balaban J connectivity index is 1.11. The van der Waals surface area contributed by atoms with Crippen molar-refractivity contribution in [2.24, 2.45) is 16.7 Å². The molecule has 1 atom stereocenters. The number of likely N-dealkylation sites (tertiary alicyclic amines) is 2. The Morgan fingerprint density at radius 3 is 2.56 bits per heavy atom. The van der Waals surface area contributed by atoms with E-state index in [-0.39, 0.29) is 23.3 Å². The third kappa shape index (κ3) is 4.62. The number of hydrogen-bond donors (Lipinski definition) is 2. The highest BCUT2D eigenvalue weighted by molar-refractivity contribution is 5.94. The summed E-state index contributed by atoms with van der Waals surface area (Å²) in [7, 11) is 3.92. The number of fused-ring (bicyclic) bond motifs is 1. The molecule has 1 aromatic heterocycles. The lowest BCUT2D eigenvalue weighted by Gasteiger charge is -2.58. The second-order valence-corrected chi connectivity index (χ2v) is 13.7. The van der Waals surface area contributed by atoms with Gasteiger partial charge in [-0.2, -0.15) is 5.26 Å². The van der Waals surface area contributed by atoms with Gasteiger partial charge in [-0.1, -0.05) is 12.1 Å². The van der Waals surface area contributed by atoms with Crippen molar-refractivity contribution in [3.05, 3.63) is 64.8 Å². The maximum absolute atomic E-state index is 13.1. The second-order valence-electron chi connectivity index (χ2n) is 13.7. The molecule has 7 nitrogen and oxygen atoms in total. The van der Waals surface area contributed by atoms with E-state index in [4.69, 9.17) is 4.74 Å². The number of ether oxygens (including phenoxy) is 1. The lowest BCUT2D eigenvalue weighted by atomic mass is 9.56. The predicted molar refractivity (Wildman–Crippen MR) is 160 cm³/mol. The van der Waals surface area contributed by atoms with Gasteiger partial charge in [0.25, 0.3) is 5.91 Å². The smallest absolute Gasteiger partial charge is 0.251 e. The Bertz CT molecular complexity index is 1500. The number of methoxy groups -OCH3 is 1. The van der Waals surface area contributed by atoms with Crippen molar-refractivity contribution >= 4 is 16.8 Å². The van der Waals surface area contributed by atoms with Gasteiger partial charge in [0.1, 0.15) is 5.75 Å². The van der Waals surface area contributed by atoms with Crippen molar-refractivity contribution in [3.63, 3.8) is 0 Å². The third-order valence-corrected chi connectivity index (χ3v) is 10.7. The van der Waals surface area contributed by atoms with E-state index in [0.29, 0.717) is 11.5 Å². The van der Waals surface area contributed by atoms with Crippen molar-refractivity contribution in [1.82, 2.24) is 20.1 Å². The van der Waals surface area contributed by atoms with Crippen LogP contribution in [0.1, 0.15) is 71.6 Å². The first-order chi connectivity index (χ1) is 19.8. The monoisotopic (exact) mass is 551 g/mol. The first kappa shape index (κ1) is 26.6. The number of nitrogens with zero attached hydrogens (tertiary/aromatic N) is 3. The molecule has 4 fully saturated rings. The molecule has 2 aromatic carbocycles. The lowest BCUT2D eigenvalue weighted by Crippen LogP contribution is -2.65. The number of piperidine rings is 1. The quantitative estimate of drug-likeness (QED) is 0.419. The Morgan fingerprint density at radius 1 is 1.12 bits per heavy atom. The summed E-state index contributed by atoms with van der Waals surface area (Å²) in [6.45, 7) is 6.21. The zero-order valence-electron chi connectivity index (χ0n) is 24.5. The van der Waals surface area contributed by atoms with Gasteiger partial charge in [-0.05, 0) is 105 Å². The summed E-state index contributed by atoms with van der Waals surface area (Å²) >= 11 is 0. The van der Waals surface area contributed by atoms with E-state index >= 15 is 0 Å². The molecule has 3 heterocycles. The van der Waals surface area contributed by atoms with Crippen molar-refractivity contribution in [2.45, 2.75) is 64.1 Å². The van der Waals surface area contributed by atoms with Gasteiger partial charge < -0.3 is 19.9 Å². The van der Waals surface area contributed by atoms with Crippen LogP contribution in [0.3, 0.4) is 0 Å². The largest absolute Gasteiger partial charge is 0.496 e. The van der Waals surface area contributed by atoms with Gasteiger partial charge >= 0.3 is 0 Å². The molecule has 2 saturated heterocycles. The SMILES string of the molecule is COc1cc(C)c2[nH]ccc2c1CN1CCC2(CC(C#N)C2)CC1c1ccc(C(=O)NC2CC3(C2)CN(C)C3)cc1. The highest BCUT2D eigenvalue weighted by Crippen LogP contribution is 2.57. The Labute approximate surface area is 242 Å². The van der Waals surface area contributed by atoms with E-state index in [1.54, 1.807) is 7.11 Å². The Kier molecular flexibility index (Phi) is 6.40. The standard InChI is InChI=1S/C34H41N5O2/c1-22-12-30(41-3)28(27-8-10-36-31(22)27)19-39-11-9-33(13-23(14-33)18-35)17-29(39)24-4-6-25(7-5-24)32(40)37-26-15-34(16-26)20-38(2)21-34/h4-8,10,12,23,26,29,36H,9,11,13-17,19-21H2,1-3H3,(H,37,40). The number of hydrogen-bond acceptors (Lipinski definition) is 5. The molecule has 0 bridgehead atoms. The number of amides is 1. The fraction of sp³-hybridized carbons (Fsp3) is 0.529. The van der Waals surface area contributed by atoms with Crippen molar-refractivity contribution in [1.29, 1.82) is 5.26 Å². The normalized spacial score (nSPS) is 24.0. The molecule has 2 aliphatic carbocycles. The number of carbonyl (C=O) groups is 1. The number of H-pyrrole nitrogens is 1. The van der Waals surface area contributed by atoms with Crippen LogP contribution in [-0.2, 0) is 6.54 Å². The Morgan fingerprint density at radius 2 is 1.88 bits per heavy atom. The highest BCUT2D eigenvalue weighted by atomic mass is 16.5. The van der Waals surface area contributed by atoms with Crippen molar-refractivity contribution < 1.29 is 9.53 Å². The number of carbonyl (C=O) groups excluding carboxylic acids is 1. The third-order valence-electron chi connectivity index (χ3n) is 10.7. The first-order valence-corrected chi connectivity index (χ1v) is 15.2. The predicted octanol–water partition coefficient (Wildman–Crippen LogP) is 5.57. The number of nitriles is 1. The average molecular weight is 552 g/mol. The molecular formula is C34H41N5O2. The summed E-state index contributed by atoms with van der Waals surface area (Å²) in [5.74, 6) is 1.16. The molecule has 1 unspecified atom stereocenters. The van der Waals surface area contributed by atoms with Gasteiger partial charge in [0, 0.05) is 65.9 Å². The summed E-state index contributed by atoms with van der Waals surface area (Å²) in [5, 5.41) is 14.0. The van der Waals surface area contributed by atoms with E-state index in [0.717, 1.165) is 76.0 Å². The number of rotatable bonds is 6. The molecule has 2 N–H and O–H groups in total. The van der Waals surface area contributed by atoms with E-state index < -0.39 is 0 Å². The van der Waals surface area contributed by atoms with Crippen LogP contribution in [0, 0.1) is 35.0 Å². The molecule has 2 aliphatic heterocycles. The van der Waals surface area contributed by atoms with Crippen LogP contribution in [0.25, 0.3) is 10.9 Å². The summed E-state index contributed by atoms with van der Waals surface area (Å²) in [4.78, 5) is 21.4. The average Bonchev–Trinajstić information content (AvgIpc) is 3.42. The minimum absolute atomic E-state index is 0.0381. The number of aromatic nitrogens is 1. The molecule has 3 aromatic rings. The van der Waals surface area contributed by atoms with Gasteiger partial charge in [0.05, 0.1) is 13.2 Å². The van der Waals surface area contributed by atoms with Gasteiger partial charge in [-0.15, -0.1) is 0 Å². The van der Waals surface area contributed by atoms with Crippen LogP contribution in [0.15, 0.2) is 42.6 Å². The topological polar surface area (TPSA) is 84.4 Å². The van der Waals surface area contributed by atoms with Gasteiger partial charge in [0.15, 0.2) is 0 Å². The zero-order valence-corrected chi connectivity index (χ0v) is 24.5. The number of nitrogens with one attached hydrogen (secondary N) is 2. The van der Waals surface area contributed by atoms with Crippen molar-refractivity contribution in [3.8, 4) is 11.8 Å². The molecule has 41 heavy (non-hydrogen) atoms. The van der Waals surface area contributed by atoms with Gasteiger partial charge in [-0.3, -0.25) is 9.69 Å². The molecule has 1 amide bonds. The zero-order chi connectivity index (χ0) is 28.4. The molecule has 7 rings (SSSR count). The minimum atomic E-state index is 0.0381. The summed E-state index contributed by atoms with van der Waals surface area (Å²) in [5.41, 5.74) is 6.24. The molecule has 2 spiro atoms. The fourth-order valence-electron chi connectivity index (χ4n) is 8.70. The summed E-state index contributed by atoms with van der Waals surface area (Å²) in [6, 6.07) is 15.6. The van der Waals surface area contributed by atoms with Crippen molar-refractivity contribution in [2.75, 3.05) is 33.8 Å². The van der Waals surface area contributed by atoms with Crippen LogP contribution in [-0.4, -0.2) is 60.5 Å². The second kappa shape index (κ2) is 9.89. The summed E-state index contributed by atoms with van der Waals surface area (Å²) < 4.78 is 5.88. The maximum atomic E-state index is 13.1.